The van der Waals surface area contributed by atoms with Crippen LogP contribution < -0.4 is 10.2 Å². The van der Waals surface area contributed by atoms with Gasteiger partial charge in [0.05, 0.1) is 36.5 Å². The van der Waals surface area contributed by atoms with Gasteiger partial charge in [0.2, 0.25) is 0 Å². The molecule has 5 rings (SSSR count). The van der Waals surface area contributed by atoms with Crippen LogP contribution in [0.4, 0.5) is 5.69 Å². The van der Waals surface area contributed by atoms with E-state index in [1.165, 1.54) is 16.7 Å². The number of anilines is 1. The van der Waals surface area contributed by atoms with Crippen LogP contribution in [-0.4, -0.2) is 41.3 Å². The van der Waals surface area contributed by atoms with Gasteiger partial charge in [0.1, 0.15) is 0 Å². The average Bonchev–Trinajstić information content (AvgIpc) is 3.28. The van der Waals surface area contributed by atoms with Crippen LogP contribution in [0.1, 0.15) is 46.7 Å². The fraction of sp³-hybridized carbons (Fsp3) is 0.296. The summed E-state index contributed by atoms with van der Waals surface area (Å²) in [5.74, 6) is 0.608. The van der Waals surface area contributed by atoms with Crippen molar-refractivity contribution in [1.82, 2.24) is 20.3 Å². The van der Waals surface area contributed by atoms with Gasteiger partial charge in [-0.2, -0.15) is 0 Å². The Morgan fingerprint density at radius 1 is 1.06 bits per heavy atom. The van der Waals surface area contributed by atoms with Gasteiger partial charge in [0.15, 0.2) is 5.82 Å². The molecule has 6 nitrogen and oxygen atoms in total. The summed E-state index contributed by atoms with van der Waals surface area (Å²) in [7, 11) is 0. The first-order chi connectivity index (χ1) is 16.1. The molecule has 33 heavy (non-hydrogen) atoms. The Balaban J connectivity index is 1.30. The largest absolute Gasteiger partial charge is 0.378 e. The zero-order valence-electron chi connectivity index (χ0n) is 19.2. The number of nitrogens with one attached hydrogen (secondary N) is 1. The molecule has 0 spiro atoms. The van der Waals surface area contributed by atoms with E-state index in [0.29, 0.717) is 11.5 Å². The molecule has 3 aromatic rings. The number of morpholine rings is 1. The van der Waals surface area contributed by atoms with E-state index in [4.69, 9.17) is 9.72 Å². The first kappa shape index (κ1) is 21.3. The molecule has 0 radical (unpaired) electrons. The number of aryl methyl sites for hydroxylation is 1. The number of rotatable bonds is 6. The van der Waals surface area contributed by atoms with E-state index in [-0.39, 0.29) is 6.04 Å². The fourth-order valence-electron chi connectivity index (χ4n) is 4.34. The van der Waals surface area contributed by atoms with Crippen molar-refractivity contribution in [2.24, 2.45) is 0 Å². The maximum absolute atomic E-state index is 5.49. The molecule has 6 heteroatoms. The van der Waals surface area contributed by atoms with Crippen LogP contribution in [0, 0.1) is 6.92 Å². The highest BCUT2D eigenvalue weighted by Crippen LogP contribution is 2.34. The number of pyridine rings is 1. The van der Waals surface area contributed by atoms with Gasteiger partial charge in [-0.3, -0.25) is 4.98 Å². The number of ether oxygens (including phenoxy) is 1. The lowest BCUT2D eigenvalue weighted by molar-refractivity contribution is 0.122. The van der Waals surface area contributed by atoms with Crippen molar-refractivity contribution in [2.45, 2.75) is 26.3 Å². The van der Waals surface area contributed by atoms with Crippen LogP contribution in [0.25, 0.3) is 11.3 Å². The monoisotopic (exact) mass is 439 g/mol. The maximum atomic E-state index is 5.49. The van der Waals surface area contributed by atoms with E-state index in [1.54, 1.807) is 0 Å². The van der Waals surface area contributed by atoms with Crippen LogP contribution in [0.5, 0.6) is 0 Å². The Labute approximate surface area is 195 Å². The summed E-state index contributed by atoms with van der Waals surface area (Å²) in [6, 6.07) is 10.9. The zero-order valence-corrected chi connectivity index (χ0v) is 19.2. The van der Waals surface area contributed by atoms with Crippen molar-refractivity contribution in [3.8, 4) is 0 Å². The maximum Gasteiger partial charge on any atom is 0.174 e. The third-order valence-electron chi connectivity index (χ3n) is 6.32. The first-order valence-electron chi connectivity index (χ1n) is 11.5. The lowest BCUT2D eigenvalue weighted by atomic mass is 10.0. The Kier molecular flexibility index (Phi) is 5.92. The SMILES string of the molecule is C=C(N[C@H](C)c1ccc(C)cc1)c1ncc(C2=CCc3ncc(N4CCOCC4)cc32)cn1. The third kappa shape index (κ3) is 4.52. The first-order valence-corrected chi connectivity index (χ1v) is 11.5. The summed E-state index contributed by atoms with van der Waals surface area (Å²) in [6.45, 7) is 11.7. The molecule has 1 saturated heterocycles. The molecule has 0 saturated carbocycles. The van der Waals surface area contributed by atoms with Gasteiger partial charge >= 0.3 is 0 Å². The van der Waals surface area contributed by atoms with E-state index in [0.717, 1.165) is 55.2 Å². The molecule has 2 aliphatic rings. The molecule has 1 aliphatic carbocycles. The Morgan fingerprint density at radius 2 is 1.79 bits per heavy atom. The molecule has 0 unspecified atom stereocenters. The lowest BCUT2D eigenvalue weighted by Gasteiger charge is -2.29. The van der Waals surface area contributed by atoms with Crippen LogP contribution in [-0.2, 0) is 11.2 Å². The standard InChI is InChI=1S/C27H29N5O/c1-18-4-6-21(7-5-18)19(2)31-20(3)27-29-15-22(16-30-27)24-8-9-26-25(24)14-23(17-28-26)32-10-12-33-13-11-32/h4-8,14-17,19,31H,3,9-13H2,1-2H3/t19-/m1/s1. The fourth-order valence-corrected chi connectivity index (χ4v) is 4.34. The quantitative estimate of drug-likeness (QED) is 0.617. The molecule has 168 valence electrons. The zero-order chi connectivity index (χ0) is 22.8. The van der Waals surface area contributed by atoms with Gasteiger partial charge in [-0.25, -0.2) is 9.97 Å². The van der Waals surface area contributed by atoms with Crippen LogP contribution >= 0.6 is 0 Å². The number of aromatic nitrogens is 3. The van der Waals surface area contributed by atoms with Gasteiger partial charge in [-0.1, -0.05) is 42.5 Å². The second-order valence-corrected chi connectivity index (χ2v) is 8.66. The number of nitrogens with zero attached hydrogens (tertiary/aromatic N) is 4. The summed E-state index contributed by atoms with van der Waals surface area (Å²) >= 11 is 0. The van der Waals surface area contributed by atoms with Gasteiger partial charge in [0.25, 0.3) is 0 Å². The van der Waals surface area contributed by atoms with Gasteiger partial charge in [-0.05, 0) is 31.1 Å². The highest BCUT2D eigenvalue weighted by atomic mass is 16.5. The van der Waals surface area contributed by atoms with Crippen LogP contribution in [0.15, 0.2) is 61.6 Å². The summed E-state index contributed by atoms with van der Waals surface area (Å²) in [5, 5.41) is 3.42. The van der Waals surface area contributed by atoms with Crippen LogP contribution in [0.2, 0.25) is 0 Å². The van der Waals surface area contributed by atoms with Gasteiger partial charge in [-0.15, -0.1) is 0 Å². The number of benzene rings is 1. The smallest absolute Gasteiger partial charge is 0.174 e. The molecule has 1 aromatic carbocycles. The summed E-state index contributed by atoms with van der Waals surface area (Å²) in [5.41, 5.74) is 8.72. The minimum Gasteiger partial charge on any atom is -0.378 e. The summed E-state index contributed by atoms with van der Waals surface area (Å²) in [6.07, 6.45) is 8.79. The normalized spacial score (nSPS) is 16.2. The molecule has 2 aromatic heterocycles. The van der Waals surface area contributed by atoms with E-state index in [1.807, 2.05) is 18.6 Å². The average molecular weight is 440 g/mol. The minimum atomic E-state index is 0.121. The molecule has 0 amide bonds. The number of hydrogen-bond donors (Lipinski definition) is 1. The van der Waals surface area contributed by atoms with Crippen molar-refractivity contribution >= 4 is 17.0 Å². The molecule has 3 heterocycles. The molecule has 1 atom stereocenters. The Morgan fingerprint density at radius 3 is 2.52 bits per heavy atom. The summed E-state index contributed by atoms with van der Waals surface area (Å²) in [4.78, 5) is 16.3. The molecule has 1 N–H and O–H groups in total. The Bertz CT molecular complexity index is 1180. The summed E-state index contributed by atoms with van der Waals surface area (Å²) < 4.78 is 5.49. The highest BCUT2D eigenvalue weighted by molar-refractivity contribution is 5.84. The van der Waals surface area contributed by atoms with E-state index < -0.39 is 0 Å². The molecule has 1 fully saturated rings. The van der Waals surface area contributed by atoms with Crippen molar-refractivity contribution in [3.05, 3.63) is 95.3 Å². The second kappa shape index (κ2) is 9.16. The van der Waals surface area contributed by atoms with Gasteiger partial charge < -0.3 is 15.0 Å². The molecular formula is C27H29N5O. The Hall–Kier alpha value is -3.51. The minimum absolute atomic E-state index is 0.121. The van der Waals surface area contributed by atoms with Crippen molar-refractivity contribution < 1.29 is 4.74 Å². The van der Waals surface area contributed by atoms with Crippen molar-refractivity contribution in [1.29, 1.82) is 0 Å². The molecular weight excluding hydrogens is 410 g/mol. The van der Waals surface area contributed by atoms with E-state index in [9.17, 15) is 0 Å². The van der Waals surface area contributed by atoms with Crippen LogP contribution in [0.3, 0.4) is 0 Å². The number of allylic oxidation sites excluding steroid dienone is 1. The lowest BCUT2D eigenvalue weighted by Crippen LogP contribution is -2.36. The van der Waals surface area contributed by atoms with Crippen molar-refractivity contribution in [3.63, 3.8) is 0 Å². The highest BCUT2D eigenvalue weighted by Gasteiger charge is 2.21. The van der Waals surface area contributed by atoms with E-state index in [2.05, 4.69) is 77.0 Å². The van der Waals surface area contributed by atoms with Gasteiger partial charge in [0, 0.05) is 49.1 Å². The van der Waals surface area contributed by atoms with Crippen molar-refractivity contribution in [2.75, 3.05) is 31.2 Å². The predicted molar refractivity (Wildman–Crippen MR) is 132 cm³/mol. The third-order valence-corrected chi connectivity index (χ3v) is 6.32. The predicted octanol–water partition coefficient (Wildman–Crippen LogP) is 4.33. The molecule has 0 bridgehead atoms. The molecule has 1 aliphatic heterocycles. The van der Waals surface area contributed by atoms with E-state index >= 15 is 0 Å². The topological polar surface area (TPSA) is 63.2 Å². The number of hydrogen-bond acceptors (Lipinski definition) is 6. The second-order valence-electron chi connectivity index (χ2n) is 8.66. The number of fused-ring (bicyclic) bond motifs is 1.